The topological polar surface area (TPSA) is 124 Å². The van der Waals surface area contributed by atoms with Gasteiger partial charge in [0.25, 0.3) is 5.69 Å². The lowest BCUT2D eigenvalue weighted by atomic mass is 9.72. The summed E-state index contributed by atoms with van der Waals surface area (Å²) in [6, 6.07) is 13.3. The summed E-state index contributed by atoms with van der Waals surface area (Å²) in [5, 5.41) is 19.0. The van der Waals surface area contributed by atoms with E-state index in [1.165, 1.54) is 31.4 Å². The molecule has 0 aliphatic rings. The second kappa shape index (κ2) is 12.9. The van der Waals surface area contributed by atoms with Gasteiger partial charge in [-0.25, -0.2) is 0 Å². The summed E-state index contributed by atoms with van der Waals surface area (Å²) in [7, 11) is 1.36. The molecule has 0 aliphatic carbocycles. The van der Waals surface area contributed by atoms with Crippen LogP contribution in [0.4, 0.5) is 22.7 Å². The van der Waals surface area contributed by atoms with Crippen LogP contribution in [0.5, 0.6) is 0 Å². The molecule has 0 radical (unpaired) electrons. The smallest absolute Gasteiger partial charge is 0.311 e. The van der Waals surface area contributed by atoms with Gasteiger partial charge in [0.15, 0.2) is 0 Å². The van der Waals surface area contributed by atoms with Crippen molar-refractivity contribution in [3.8, 4) is 0 Å². The van der Waals surface area contributed by atoms with Gasteiger partial charge >= 0.3 is 11.9 Å². The molecule has 0 N–H and O–H groups in total. The number of hydrogen-bond acceptors (Lipinski definition) is 9. The molecule has 1 atom stereocenters. The summed E-state index contributed by atoms with van der Waals surface area (Å²) in [4.78, 5) is 37.4. The SMILES string of the molecule is CCN(CCOC(=O)C(C)(C)CC(C)(CC)C(=O)OC)c1ccc(/N=N/c2ccc([N+](=O)[O-])cc2)cc1. The zero-order chi connectivity index (χ0) is 27.6. The third kappa shape index (κ3) is 8.09. The Labute approximate surface area is 217 Å². The molecule has 1 unspecified atom stereocenters. The minimum absolute atomic E-state index is 0.00201. The summed E-state index contributed by atoms with van der Waals surface area (Å²) in [5.41, 5.74) is 0.488. The van der Waals surface area contributed by atoms with Crippen LogP contribution in [0.15, 0.2) is 58.8 Å². The van der Waals surface area contributed by atoms with E-state index in [0.717, 1.165) is 5.69 Å². The molecule has 2 aromatic rings. The highest BCUT2D eigenvalue weighted by molar-refractivity contribution is 5.80. The van der Waals surface area contributed by atoms with Gasteiger partial charge < -0.3 is 14.4 Å². The second-order valence-corrected chi connectivity index (χ2v) is 9.67. The van der Waals surface area contributed by atoms with E-state index in [0.29, 0.717) is 37.3 Å². The zero-order valence-electron chi connectivity index (χ0n) is 22.4. The van der Waals surface area contributed by atoms with Crippen LogP contribution in [0, 0.1) is 20.9 Å². The van der Waals surface area contributed by atoms with Gasteiger partial charge in [-0.3, -0.25) is 19.7 Å². The van der Waals surface area contributed by atoms with Crippen molar-refractivity contribution in [3.63, 3.8) is 0 Å². The number of carbonyl (C=O) groups excluding carboxylic acids is 2. The largest absolute Gasteiger partial charge is 0.469 e. The van der Waals surface area contributed by atoms with Gasteiger partial charge in [0.05, 0.1) is 40.8 Å². The van der Waals surface area contributed by atoms with E-state index in [-0.39, 0.29) is 24.2 Å². The van der Waals surface area contributed by atoms with E-state index >= 15 is 0 Å². The van der Waals surface area contributed by atoms with E-state index in [1.54, 1.807) is 13.8 Å². The zero-order valence-corrected chi connectivity index (χ0v) is 22.4. The standard InChI is InChI=1S/C27H36N4O6/c1-7-27(5,25(33)36-6)19-26(3,4)24(32)37-18-17-30(8-2)22-13-9-20(10-14-22)28-29-21-11-15-23(16-12-21)31(34)35/h9-16H,7-8,17-19H2,1-6H3/b29-28+. The number of nitro groups is 1. The number of azo groups is 1. The number of likely N-dealkylation sites (N-methyl/N-ethyl adjacent to an activating group) is 1. The van der Waals surface area contributed by atoms with Crippen molar-refractivity contribution in [1.82, 2.24) is 0 Å². The Bertz CT molecular complexity index is 1100. The molecule has 37 heavy (non-hydrogen) atoms. The maximum atomic E-state index is 12.8. The van der Waals surface area contributed by atoms with Gasteiger partial charge in [0, 0.05) is 24.4 Å². The molecular weight excluding hydrogens is 476 g/mol. The lowest BCUT2D eigenvalue weighted by Crippen LogP contribution is -2.39. The first-order valence-corrected chi connectivity index (χ1v) is 12.2. The molecule has 10 heteroatoms. The molecule has 10 nitrogen and oxygen atoms in total. The van der Waals surface area contributed by atoms with E-state index in [2.05, 4.69) is 15.1 Å². The predicted molar refractivity (Wildman–Crippen MR) is 141 cm³/mol. The Kier molecular flexibility index (Phi) is 10.3. The molecule has 0 saturated carbocycles. The molecule has 2 aromatic carbocycles. The molecule has 0 aliphatic heterocycles. The fourth-order valence-electron chi connectivity index (χ4n) is 4.04. The van der Waals surface area contributed by atoms with Gasteiger partial charge in [0.1, 0.15) is 6.61 Å². The van der Waals surface area contributed by atoms with Gasteiger partial charge in [0.2, 0.25) is 0 Å². The summed E-state index contributed by atoms with van der Waals surface area (Å²) >= 11 is 0. The van der Waals surface area contributed by atoms with Crippen LogP contribution in [0.2, 0.25) is 0 Å². The Hall–Kier alpha value is -3.82. The summed E-state index contributed by atoms with van der Waals surface area (Å²) in [6.45, 7) is 10.7. The predicted octanol–water partition coefficient (Wildman–Crippen LogP) is 6.39. The van der Waals surface area contributed by atoms with Crippen LogP contribution in [0.3, 0.4) is 0 Å². The quantitative estimate of drug-likeness (QED) is 0.132. The maximum Gasteiger partial charge on any atom is 0.311 e. The average Bonchev–Trinajstić information content (AvgIpc) is 2.89. The van der Waals surface area contributed by atoms with Crippen LogP contribution in [0.1, 0.15) is 47.5 Å². The first-order chi connectivity index (χ1) is 17.5. The van der Waals surface area contributed by atoms with Crippen LogP contribution in [-0.2, 0) is 19.1 Å². The lowest BCUT2D eigenvalue weighted by molar-refractivity contribution is -0.384. The fraction of sp³-hybridized carbons (Fsp3) is 0.481. The van der Waals surface area contributed by atoms with Crippen molar-refractivity contribution < 1.29 is 24.0 Å². The third-order valence-corrected chi connectivity index (χ3v) is 6.38. The molecule has 0 fully saturated rings. The monoisotopic (exact) mass is 512 g/mol. The van der Waals surface area contributed by atoms with Crippen LogP contribution in [0.25, 0.3) is 0 Å². The Balaban J connectivity index is 1.94. The molecule has 0 amide bonds. The highest BCUT2D eigenvalue weighted by Gasteiger charge is 2.42. The van der Waals surface area contributed by atoms with Crippen molar-refractivity contribution in [2.24, 2.45) is 21.1 Å². The lowest BCUT2D eigenvalue weighted by Gasteiger charge is -2.33. The van der Waals surface area contributed by atoms with Gasteiger partial charge in [-0.1, -0.05) is 6.92 Å². The van der Waals surface area contributed by atoms with Crippen LogP contribution >= 0.6 is 0 Å². The molecule has 0 saturated heterocycles. The number of nitro benzene ring substituents is 1. The minimum Gasteiger partial charge on any atom is -0.469 e. The number of esters is 2. The van der Waals surface area contributed by atoms with E-state index < -0.39 is 15.8 Å². The number of ether oxygens (including phenoxy) is 2. The number of non-ortho nitro benzene ring substituents is 1. The summed E-state index contributed by atoms with van der Waals surface area (Å²) < 4.78 is 10.5. The average molecular weight is 513 g/mol. The molecule has 0 spiro atoms. The van der Waals surface area contributed by atoms with E-state index in [9.17, 15) is 19.7 Å². The summed E-state index contributed by atoms with van der Waals surface area (Å²) in [6.07, 6.45) is 0.888. The Morgan fingerprint density at radius 3 is 1.95 bits per heavy atom. The van der Waals surface area contributed by atoms with Crippen molar-refractivity contribution in [1.29, 1.82) is 0 Å². The molecule has 0 bridgehead atoms. The number of methoxy groups -OCH3 is 1. The van der Waals surface area contributed by atoms with Crippen LogP contribution < -0.4 is 4.90 Å². The molecule has 0 heterocycles. The number of rotatable bonds is 13. The van der Waals surface area contributed by atoms with Gasteiger partial charge in [-0.15, -0.1) is 0 Å². The second-order valence-electron chi connectivity index (χ2n) is 9.67. The molecule has 2 rings (SSSR count). The maximum absolute atomic E-state index is 12.8. The highest BCUT2D eigenvalue weighted by Crippen LogP contribution is 2.38. The number of nitrogens with zero attached hydrogens (tertiary/aromatic N) is 4. The van der Waals surface area contributed by atoms with Gasteiger partial charge in [-0.2, -0.15) is 10.2 Å². The number of benzene rings is 2. The Morgan fingerprint density at radius 1 is 0.946 bits per heavy atom. The molecular formula is C27H36N4O6. The van der Waals surface area contributed by atoms with Crippen LogP contribution in [-0.4, -0.2) is 43.7 Å². The molecule has 200 valence electrons. The van der Waals surface area contributed by atoms with Crippen molar-refractivity contribution >= 4 is 34.7 Å². The first kappa shape index (κ1) is 29.4. The van der Waals surface area contributed by atoms with Crippen molar-refractivity contribution in [2.45, 2.75) is 47.5 Å². The third-order valence-electron chi connectivity index (χ3n) is 6.38. The number of anilines is 1. The number of hydrogen-bond donors (Lipinski definition) is 0. The Morgan fingerprint density at radius 2 is 1.49 bits per heavy atom. The van der Waals surface area contributed by atoms with Crippen molar-refractivity contribution in [2.75, 3.05) is 31.7 Å². The first-order valence-electron chi connectivity index (χ1n) is 12.2. The normalized spacial score (nSPS) is 13.1. The summed E-state index contributed by atoms with van der Waals surface area (Å²) in [5.74, 6) is -0.683. The fourth-order valence-corrected chi connectivity index (χ4v) is 4.04. The van der Waals surface area contributed by atoms with E-state index in [1.807, 2.05) is 45.0 Å². The highest BCUT2D eigenvalue weighted by atomic mass is 16.6. The minimum atomic E-state index is -0.841. The van der Waals surface area contributed by atoms with E-state index in [4.69, 9.17) is 9.47 Å². The number of carbonyl (C=O) groups is 2. The van der Waals surface area contributed by atoms with Gasteiger partial charge in [-0.05, 0) is 76.9 Å². The molecule has 0 aromatic heterocycles. The van der Waals surface area contributed by atoms with Crippen molar-refractivity contribution in [3.05, 3.63) is 58.6 Å².